The number of benzene rings is 2. The molecule has 2 aromatic rings. The number of ketones is 1. The van der Waals surface area contributed by atoms with E-state index in [-0.39, 0.29) is 12.4 Å². The Balaban J connectivity index is 2.04. The van der Waals surface area contributed by atoms with Gasteiger partial charge in [0.05, 0.1) is 20.8 Å². The van der Waals surface area contributed by atoms with Crippen LogP contribution in [0.15, 0.2) is 48.5 Å². The summed E-state index contributed by atoms with van der Waals surface area (Å²) < 4.78 is 29.6. The van der Waals surface area contributed by atoms with Crippen molar-refractivity contribution in [2.75, 3.05) is 20.8 Å². The van der Waals surface area contributed by atoms with Crippen molar-refractivity contribution in [1.29, 1.82) is 0 Å². The number of carbonyl (C=O) groups excluding carboxylic acids is 2. The summed E-state index contributed by atoms with van der Waals surface area (Å²) in [6.07, 6.45) is 1.85. The van der Waals surface area contributed by atoms with Crippen LogP contribution in [0.4, 0.5) is 4.39 Å². The van der Waals surface area contributed by atoms with E-state index in [1.54, 1.807) is 38.3 Å². The number of ether oxygens (including phenoxy) is 3. The van der Waals surface area contributed by atoms with Crippen molar-refractivity contribution < 1.29 is 28.2 Å². The minimum Gasteiger partial charge on any atom is -0.493 e. The Morgan fingerprint density at radius 1 is 1.10 bits per heavy atom. The predicted octanol–water partition coefficient (Wildman–Crippen LogP) is 4.16. The smallest absolute Gasteiger partial charge is 0.317 e. The summed E-state index contributed by atoms with van der Waals surface area (Å²) in [7, 11) is 3.08. The van der Waals surface area contributed by atoms with Gasteiger partial charge in [-0.15, -0.1) is 0 Å². The molecule has 0 amide bonds. The van der Waals surface area contributed by atoms with Gasteiger partial charge in [0, 0.05) is 5.92 Å². The maximum absolute atomic E-state index is 13.9. The summed E-state index contributed by atoms with van der Waals surface area (Å²) >= 11 is 0. The highest BCUT2D eigenvalue weighted by Gasteiger charge is 2.40. The first kappa shape index (κ1) is 20.6. The molecule has 0 heterocycles. The van der Waals surface area contributed by atoms with Crippen molar-refractivity contribution in [3.05, 3.63) is 65.5 Å². The lowest BCUT2D eigenvalue weighted by molar-refractivity contribution is -0.151. The normalized spacial score (nSPS) is 18.8. The third-order valence-corrected chi connectivity index (χ3v) is 5.04. The maximum Gasteiger partial charge on any atom is 0.317 e. The van der Waals surface area contributed by atoms with E-state index in [1.165, 1.54) is 25.3 Å². The molecular formula is C23H23FO5. The number of hydrogen-bond acceptors (Lipinski definition) is 5. The topological polar surface area (TPSA) is 61.8 Å². The van der Waals surface area contributed by atoms with Gasteiger partial charge in [-0.05, 0) is 60.4 Å². The summed E-state index contributed by atoms with van der Waals surface area (Å²) in [5, 5.41) is 0. The van der Waals surface area contributed by atoms with E-state index in [4.69, 9.17) is 14.2 Å². The Kier molecular flexibility index (Phi) is 6.32. The summed E-state index contributed by atoms with van der Waals surface area (Å²) in [5.74, 6) is -1.77. The number of hydrogen-bond donors (Lipinski definition) is 0. The van der Waals surface area contributed by atoms with Crippen LogP contribution in [-0.2, 0) is 14.3 Å². The SMILES string of the molecule is CCOC(=O)[C@H]1C(=O)C=C(c2ccc(OC)c(OC)c2)C[C@H]1c1cccc(F)c1. The fraction of sp³-hybridized carbons (Fsp3) is 0.304. The minimum absolute atomic E-state index is 0.171. The molecule has 2 aromatic carbocycles. The van der Waals surface area contributed by atoms with Gasteiger partial charge in [-0.25, -0.2) is 4.39 Å². The predicted molar refractivity (Wildman–Crippen MR) is 106 cm³/mol. The molecule has 0 saturated carbocycles. The molecule has 0 saturated heterocycles. The molecule has 0 spiro atoms. The van der Waals surface area contributed by atoms with Crippen LogP contribution in [0.2, 0.25) is 0 Å². The van der Waals surface area contributed by atoms with Gasteiger partial charge in [0.25, 0.3) is 0 Å². The summed E-state index contributed by atoms with van der Waals surface area (Å²) in [6, 6.07) is 11.4. The van der Waals surface area contributed by atoms with E-state index < -0.39 is 23.6 Å². The second kappa shape index (κ2) is 8.90. The third kappa shape index (κ3) is 4.31. The van der Waals surface area contributed by atoms with E-state index in [0.717, 1.165) is 11.1 Å². The Morgan fingerprint density at radius 2 is 1.86 bits per heavy atom. The molecular weight excluding hydrogens is 375 g/mol. The Bertz CT molecular complexity index is 950. The molecule has 0 fully saturated rings. The molecule has 5 nitrogen and oxygen atoms in total. The zero-order valence-corrected chi connectivity index (χ0v) is 16.6. The zero-order valence-electron chi connectivity index (χ0n) is 16.6. The molecule has 2 atom stereocenters. The van der Waals surface area contributed by atoms with Crippen LogP contribution < -0.4 is 9.47 Å². The molecule has 0 unspecified atom stereocenters. The van der Waals surface area contributed by atoms with Crippen LogP contribution in [0.1, 0.15) is 30.4 Å². The molecule has 0 N–H and O–H groups in total. The van der Waals surface area contributed by atoms with Gasteiger partial charge in [-0.2, -0.15) is 0 Å². The Labute approximate surface area is 169 Å². The molecule has 3 rings (SSSR count). The fourth-order valence-electron chi connectivity index (χ4n) is 3.67. The maximum atomic E-state index is 13.9. The highest BCUT2D eigenvalue weighted by molar-refractivity contribution is 6.10. The number of rotatable bonds is 6. The average Bonchev–Trinajstić information content (AvgIpc) is 2.72. The molecule has 1 aliphatic carbocycles. The van der Waals surface area contributed by atoms with Gasteiger partial charge in [0.15, 0.2) is 17.3 Å². The van der Waals surface area contributed by atoms with E-state index in [1.807, 2.05) is 6.07 Å². The summed E-state index contributed by atoms with van der Waals surface area (Å²) in [5.41, 5.74) is 2.10. The van der Waals surface area contributed by atoms with Crippen molar-refractivity contribution in [2.45, 2.75) is 19.3 Å². The van der Waals surface area contributed by atoms with E-state index >= 15 is 0 Å². The van der Waals surface area contributed by atoms with Gasteiger partial charge in [0.2, 0.25) is 0 Å². The number of methoxy groups -OCH3 is 2. The molecule has 0 aliphatic heterocycles. The number of esters is 1. The lowest BCUT2D eigenvalue weighted by Crippen LogP contribution is -2.34. The van der Waals surface area contributed by atoms with Crippen molar-refractivity contribution in [3.63, 3.8) is 0 Å². The quantitative estimate of drug-likeness (QED) is 0.540. The standard InChI is InChI=1S/C23H23FO5/c1-4-29-23(26)22-18(15-6-5-7-17(24)10-15)11-16(12-19(22)25)14-8-9-20(27-2)21(13-14)28-3/h5-10,12-13,18,22H,4,11H2,1-3H3/t18-,22+/m0/s1. The van der Waals surface area contributed by atoms with Gasteiger partial charge in [0.1, 0.15) is 11.7 Å². The number of carbonyl (C=O) groups is 2. The molecule has 152 valence electrons. The zero-order chi connectivity index (χ0) is 21.0. The van der Waals surface area contributed by atoms with Crippen LogP contribution in [0.3, 0.4) is 0 Å². The van der Waals surface area contributed by atoms with Crippen LogP contribution in [0, 0.1) is 11.7 Å². The molecule has 0 bridgehead atoms. The van der Waals surface area contributed by atoms with Crippen LogP contribution in [0.5, 0.6) is 11.5 Å². The Morgan fingerprint density at radius 3 is 2.52 bits per heavy atom. The minimum atomic E-state index is -0.999. The monoisotopic (exact) mass is 398 g/mol. The highest BCUT2D eigenvalue weighted by Crippen LogP contribution is 2.42. The van der Waals surface area contributed by atoms with Gasteiger partial charge < -0.3 is 14.2 Å². The fourth-order valence-corrected chi connectivity index (χ4v) is 3.67. The van der Waals surface area contributed by atoms with Gasteiger partial charge >= 0.3 is 5.97 Å². The second-order valence-corrected chi connectivity index (χ2v) is 6.74. The first-order valence-corrected chi connectivity index (χ1v) is 9.37. The van der Waals surface area contributed by atoms with E-state index in [0.29, 0.717) is 23.5 Å². The van der Waals surface area contributed by atoms with Crippen molar-refractivity contribution in [2.24, 2.45) is 5.92 Å². The first-order chi connectivity index (χ1) is 14.0. The molecule has 0 radical (unpaired) electrons. The molecule has 1 aliphatic rings. The lowest BCUT2D eigenvalue weighted by atomic mass is 9.73. The second-order valence-electron chi connectivity index (χ2n) is 6.74. The van der Waals surface area contributed by atoms with Gasteiger partial charge in [-0.1, -0.05) is 18.2 Å². The van der Waals surface area contributed by atoms with Crippen molar-refractivity contribution >= 4 is 17.3 Å². The van der Waals surface area contributed by atoms with Gasteiger partial charge in [-0.3, -0.25) is 9.59 Å². The van der Waals surface area contributed by atoms with Crippen LogP contribution in [-0.4, -0.2) is 32.6 Å². The van der Waals surface area contributed by atoms with E-state index in [2.05, 4.69) is 0 Å². The van der Waals surface area contributed by atoms with Crippen molar-refractivity contribution in [1.82, 2.24) is 0 Å². The molecule has 0 aromatic heterocycles. The highest BCUT2D eigenvalue weighted by atomic mass is 19.1. The Hall–Kier alpha value is -3.15. The summed E-state index contributed by atoms with van der Waals surface area (Å²) in [6.45, 7) is 1.86. The number of allylic oxidation sites excluding steroid dienone is 2. The average molecular weight is 398 g/mol. The van der Waals surface area contributed by atoms with Crippen LogP contribution in [0.25, 0.3) is 5.57 Å². The molecule has 29 heavy (non-hydrogen) atoms. The van der Waals surface area contributed by atoms with E-state index in [9.17, 15) is 14.0 Å². The molecule has 6 heteroatoms. The lowest BCUT2D eigenvalue weighted by Gasteiger charge is -2.29. The first-order valence-electron chi connectivity index (χ1n) is 9.37. The van der Waals surface area contributed by atoms with Crippen molar-refractivity contribution in [3.8, 4) is 11.5 Å². The largest absolute Gasteiger partial charge is 0.493 e. The summed E-state index contributed by atoms with van der Waals surface area (Å²) in [4.78, 5) is 25.4. The number of halogens is 1. The third-order valence-electron chi connectivity index (χ3n) is 5.04. The van der Waals surface area contributed by atoms with Crippen LogP contribution >= 0.6 is 0 Å².